The number of nitrogens with zero attached hydrogens (tertiary/aromatic N) is 3. The maximum atomic E-state index is 12.9. The van der Waals surface area contributed by atoms with E-state index in [0.717, 1.165) is 27.9 Å². The van der Waals surface area contributed by atoms with Gasteiger partial charge in [-0.1, -0.05) is 6.92 Å². The highest BCUT2D eigenvalue weighted by atomic mass is 32.1. The first kappa shape index (κ1) is 19.1. The van der Waals surface area contributed by atoms with Crippen LogP contribution in [0.2, 0.25) is 0 Å². The van der Waals surface area contributed by atoms with Gasteiger partial charge in [0.2, 0.25) is 0 Å². The number of hydrogen-bond acceptors (Lipinski definition) is 6. The molecule has 0 radical (unpaired) electrons. The third kappa shape index (κ3) is 3.97. The summed E-state index contributed by atoms with van der Waals surface area (Å²) < 4.78 is 0. The number of carbonyl (C=O) groups excluding carboxylic acids is 3. The highest BCUT2D eigenvalue weighted by molar-refractivity contribution is 7.18. The molecule has 0 bridgehead atoms. The first-order valence-corrected chi connectivity index (χ1v) is 10.1. The molecule has 0 saturated carbocycles. The summed E-state index contributed by atoms with van der Waals surface area (Å²) >= 11 is 1.54. The average Bonchev–Trinajstić information content (AvgIpc) is 3.34. The predicted molar refractivity (Wildman–Crippen MR) is 107 cm³/mol. The number of hydrazine groups is 1. The number of fused-ring (bicyclic) bond motifs is 1. The second-order valence-corrected chi connectivity index (χ2v) is 8.19. The SMILES string of the molecule is CC1CCC(c2cc3cn[nH]c3s2)N(C(=O)C(=O)NNC(=O)c2cccnc2)C1. The van der Waals surface area contributed by atoms with Crippen molar-refractivity contribution in [2.45, 2.75) is 25.8 Å². The van der Waals surface area contributed by atoms with E-state index >= 15 is 0 Å². The first-order chi connectivity index (χ1) is 14.0. The van der Waals surface area contributed by atoms with Gasteiger partial charge < -0.3 is 4.90 Å². The van der Waals surface area contributed by atoms with Crippen molar-refractivity contribution in [2.24, 2.45) is 5.92 Å². The molecule has 0 spiro atoms. The molecule has 2 atom stereocenters. The number of carbonyl (C=O) groups is 3. The molecular weight excluding hydrogens is 392 g/mol. The Hall–Kier alpha value is -3.27. The molecule has 1 saturated heterocycles. The van der Waals surface area contributed by atoms with E-state index in [1.807, 2.05) is 6.07 Å². The Labute approximate surface area is 170 Å². The molecule has 0 aromatic carbocycles. The van der Waals surface area contributed by atoms with Crippen LogP contribution in [0.15, 0.2) is 36.8 Å². The van der Waals surface area contributed by atoms with Crippen LogP contribution in [-0.4, -0.2) is 44.3 Å². The predicted octanol–water partition coefficient (Wildman–Crippen LogP) is 1.78. The van der Waals surface area contributed by atoms with E-state index in [-0.39, 0.29) is 11.6 Å². The normalized spacial score (nSPS) is 19.1. The van der Waals surface area contributed by atoms with Crippen LogP contribution in [0.25, 0.3) is 10.2 Å². The summed E-state index contributed by atoms with van der Waals surface area (Å²) in [5.74, 6) is -1.78. The van der Waals surface area contributed by atoms with Crippen molar-refractivity contribution in [3.63, 3.8) is 0 Å². The van der Waals surface area contributed by atoms with Crippen LogP contribution in [0.3, 0.4) is 0 Å². The van der Waals surface area contributed by atoms with Gasteiger partial charge in [0.25, 0.3) is 5.91 Å². The number of piperidine rings is 1. The van der Waals surface area contributed by atoms with Crippen molar-refractivity contribution in [3.05, 3.63) is 47.2 Å². The Balaban J connectivity index is 1.46. The minimum absolute atomic E-state index is 0.177. The van der Waals surface area contributed by atoms with Gasteiger partial charge in [-0.3, -0.25) is 35.3 Å². The summed E-state index contributed by atoms with van der Waals surface area (Å²) in [5.41, 5.74) is 4.77. The molecule has 2 unspecified atom stereocenters. The maximum Gasteiger partial charge on any atom is 0.327 e. The molecule has 1 fully saturated rings. The van der Waals surface area contributed by atoms with E-state index in [1.165, 1.54) is 17.5 Å². The lowest BCUT2D eigenvalue weighted by molar-refractivity contribution is -0.149. The van der Waals surface area contributed by atoms with Gasteiger partial charge in [-0.2, -0.15) is 5.10 Å². The minimum atomic E-state index is -0.870. The Morgan fingerprint density at radius 1 is 1.24 bits per heavy atom. The van der Waals surface area contributed by atoms with Gasteiger partial charge in [0, 0.05) is 29.2 Å². The number of rotatable bonds is 2. The molecule has 150 valence electrons. The smallest absolute Gasteiger partial charge is 0.326 e. The van der Waals surface area contributed by atoms with Crippen molar-refractivity contribution in [3.8, 4) is 0 Å². The molecule has 10 heteroatoms. The zero-order valence-corrected chi connectivity index (χ0v) is 16.5. The number of hydrogen-bond donors (Lipinski definition) is 3. The van der Waals surface area contributed by atoms with E-state index in [4.69, 9.17) is 0 Å². The van der Waals surface area contributed by atoms with E-state index < -0.39 is 17.7 Å². The second-order valence-electron chi connectivity index (χ2n) is 7.11. The molecule has 3 aromatic rings. The number of H-pyrrole nitrogens is 1. The number of pyridine rings is 1. The van der Waals surface area contributed by atoms with Crippen LogP contribution in [0.5, 0.6) is 0 Å². The van der Waals surface area contributed by atoms with Crippen molar-refractivity contribution < 1.29 is 14.4 Å². The van der Waals surface area contributed by atoms with Gasteiger partial charge in [0.1, 0.15) is 4.83 Å². The Bertz CT molecular complexity index is 1020. The molecule has 9 nitrogen and oxygen atoms in total. The van der Waals surface area contributed by atoms with Crippen LogP contribution >= 0.6 is 11.3 Å². The van der Waals surface area contributed by atoms with Gasteiger partial charge in [-0.05, 0) is 37.0 Å². The third-order valence-corrected chi connectivity index (χ3v) is 6.12. The van der Waals surface area contributed by atoms with Crippen LogP contribution in [0.4, 0.5) is 0 Å². The van der Waals surface area contributed by atoms with Crippen molar-refractivity contribution in [2.75, 3.05) is 6.54 Å². The highest BCUT2D eigenvalue weighted by Crippen LogP contribution is 2.38. The maximum absolute atomic E-state index is 12.9. The highest BCUT2D eigenvalue weighted by Gasteiger charge is 2.35. The van der Waals surface area contributed by atoms with E-state index in [0.29, 0.717) is 12.5 Å². The lowest BCUT2D eigenvalue weighted by Gasteiger charge is -2.37. The summed E-state index contributed by atoms with van der Waals surface area (Å²) in [6.07, 6.45) is 6.40. The molecule has 3 amide bonds. The molecule has 1 aliphatic rings. The van der Waals surface area contributed by atoms with Gasteiger partial charge in [-0.15, -0.1) is 11.3 Å². The lowest BCUT2D eigenvalue weighted by Crippen LogP contribution is -2.52. The number of aromatic amines is 1. The fourth-order valence-electron chi connectivity index (χ4n) is 3.47. The van der Waals surface area contributed by atoms with Crippen molar-refractivity contribution >= 4 is 39.3 Å². The number of nitrogens with one attached hydrogen (secondary N) is 3. The summed E-state index contributed by atoms with van der Waals surface area (Å²) in [7, 11) is 0. The molecule has 4 rings (SSSR count). The lowest BCUT2D eigenvalue weighted by atomic mass is 9.93. The van der Waals surface area contributed by atoms with E-state index in [2.05, 4.69) is 33.0 Å². The number of likely N-dealkylation sites (tertiary alicyclic amines) is 1. The van der Waals surface area contributed by atoms with E-state index in [1.54, 1.807) is 29.4 Å². The average molecular weight is 412 g/mol. The zero-order valence-electron chi connectivity index (χ0n) is 15.7. The Morgan fingerprint density at radius 2 is 2.10 bits per heavy atom. The van der Waals surface area contributed by atoms with Crippen LogP contribution in [0, 0.1) is 5.92 Å². The van der Waals surface area contributed by atoms with Crippen LogP contribution < -0.4 is 10.9 Å². The largest absolute Gasteiger partial charge is 0.327 e. The summed E-state index contributed by atoms with van der Waals surface area (Å²) in [6, 6.07) is 5.00. The summed E-state index contributed by atoms with van der Waals surface area (Å²) in [6.45, 7) is 2.54. The number of thiophene rings is 1. The second kappa shape index (κ2) is 8.00. The third-order valence-electron chi connectivity index (χ3n) is 4.96. The van der Waals surface area contributed by atoms with E-state index in [9.17, 15) is 14.4 Å². The van der Waals surface area contributed by atoms with Crippen molar-refractivity contribution in [1.82, 2.24) is 30.9 Å². The molecule has 3 N–H and O–H groups in total. The molecule has 0 aliphatic carbocycles. The molecule has 29 heavy (non-hydrogen) atoms. The quantitative estimate of drug-likeness (QED) is 0.438. The first-order valence-electron chi connectivity index (χ1n) is 9.27. The summed E-state index contributed by atoms with van der Waals surface area (Å²) in [4.78, 5) is 44.8. The summed E-state index contributed by atoms with van der Waals surface area (Å²) in [5, 5.41) is 7.93. The topological polar surface area (TPSA) is 120 Å². The monoisotopic (exact) mass is 412 g/mol. The van der Waals surface area contributed by atoms with Gasteiger partial charge in [0.15, 0.2) is 0 Å². The standard InChI is InChI=1S/C19H20N6O3S/c1-11-4-5-14(15-7-13-9-21-24-18(13)29-15)25(10-11)19(28)17(27)23-22-16(26)12-3-2-6-20-8-12/h2-3,6-9,11,14H,4-5,10H2,1H3,(H,21,24)(H,22,26)(H,23,27). The van der Waals surface area contributed by atoms with Gasteiger partial charge >= 0.3 is 11.8 Å². The minimum Gasteiger partial charge on any atom is -0.326 e. The molecule has 4 heterocycles. The Morgan fingerprint density at radius 3 is 2.86 bits per heavy atom. The Kier molecular flexibility index (Phi) is 5.26. The fraction of sp³-hybridized carbons (Fsp3) is 0.316. The fourth-order valence-corrected chi connectivity index (χ4v) is 4.60. The zero-order chi connectivity index (χ0) is 20.4. The van der Waals surface area contributed by atoms with Crippen LogP contribution in [0.1, 0.15) is 41.0 Å². The molecular formula is C19H20N6O3S. The van der Waals surface area contributed by atoms with Crippen LogP contribution in [-0.2, 0) is 9.59 Å². The van der Waals surface area contributed by atoms with Gasteiger partial charge in [0.05, 0.1) is 17.8 Å². The number of amides is 3. The molecule has 1 aliphatic heterocycles. The van der Waals surface area contributed by atoms with Crippen molar-refractivity contribution in [1.29, 1.82) is 0 Å². The molecule has 3 aromatic heterocycles. The number of aromatic nitrogens is 3. The van der Waals surface area contributed by atoms with Gasteiger partial charge in [-0.25, -0.2) is 0 Å².